The van der Waals surface area contributed by atoms with Crippen molar-refractivity contribution < 1.29 is 0 Å². The molecule has 102 heavy (non-hydrogen) atoms. The van der Waals surface area contributed by atoms with Crippen LogP contribution in [0.4, 0.5) is 34.1 Å². The van der Waals surface area contributed by atoms with Crippen molar-refractivity contribution in [3.05, 3.63) is 364 Å². The van der Waals surface area contributed by atoms with Crippen LogP contribution in [0.15, 0.2) is 364 Å². The summed E-state index contributed by atoms with van der Waals surface area (Å²) in [4.78, 5) is 5.04. The first kappa shape index (κ1) is 58.3. The normalized spacial score (nSPS) is 11.9. The number of benzene rings is 19. The van der Waals surface area contributed by atoms with E-state index in [9.17, 15) is 0 Å². The highest BCUT2D eigenvalue weighted by Crippen LogP contribution is 2.51. The van der Waals surface area contributed by atoms with Crippen LogP contribution in [0.5, 0.6) is 0 Å². The molecule has 0 N–H and O–H groups in total. The SMILES string of the molecule is c1ccc(-c2ccc3c(ccc4c5cccc(N(c6cccc(-c7cccc8cc(-c9ccc%10c(-c%11cccc(N(c%12cccc%13c%12ccc%12c%14ccccc%14ccc%13%12)c%12cccc%13c%12sc%12ccccc%12%13)c%11)cccc%10c9)ccc78)c6)c6cccc7sc8ccccc8c67)c5ccc34)c2)cc1. The van der Waals surface area contributed by atoms with Crippen LogP contribution in [0.25, 0.3) is 171 Å². The Morgan fingerprint density at radius 2 is 0.559 bits per heavy atom. The summed E-state index contributed by atoms with van der Waals surface area (Å²) >= 11 is 3.74. The van der Waals surface area contributed by atoms with Crippen molar-refractivity contribution in [2.45, 2.75) is 0 Å². The molecule has 0 aliphatic heterocycles. The van der Waals surface area contributed by atoms with E-state index in [1.807, 2.05) is 22.7 Å². The first-order valence-electron chi connectivity index (χ1n) is 35.0. The van der Waals surface area contributed by atoms with Crippen LogP contribution in [0.3, 0.4) is 0 Å². The summed E-state index contributed by atoms with van der Waals surface area (Å²) in [6.07, 6.45) is 0. The van der Waals surface area contributed by atoms with E-state index in [1.165, 1.54) is 160 Å². The molecule has 0 unspecified atom stereocenters. The average Bonchev–Trinajstić information content (AvgIpc) is 1.08. The van der Waals surface area contributed by atoms with Crippen LogP contribution in [0, 0.1) is 0 Å². The van der Waals surface area contributed by atoms with Crippen molar-refractivity contribution in [1.82, 2.24) is 0 Å². The molecule has 0 aliphatic carbocycles. The monoisotopic (exact) mass is 1330 g/mol. The Labute approximate surface area is 597 Å². The number of fused-ring (bicyclic) bond motifs is 18. The summed E-state index contributed by atoms with van der Waals surface area (Å²) in [6, 6.07) is 136. The molecule has 21 rings (SSSR count). The van der Waals surface area contributed by atoms with Gasteiger partial charge in [-0.25, -0.2) is 0 Å². The Hall–Kier alpha value is -12.7. The quantitative estimate of drug-likeness (QED) is 0.126. The van der Waals surface area contributed by atoms with Gasteiger partial charge < -0.3 is 9.80 Å². The molecule has 0 amide bonds. The highest BCUT2D eigenvalue weighted by atomic mass is 32.1. The van der Waals surface area contributed by atoms with Crippen LogP contribution in [0.1, 0.15) is 0 Å². The van der Waals surface area contributed by atoms with Gasteiger partial charge in [-0.3, -0.25) is 0 Å². The number of hydrogen-bond donors (Lipinski definition) is 0. The predicted molar refractivity (Wildman–Crippen MR) is 443 cm³/mol. The maximum Gasteiger partial charge on any atom is 0.0640 e. The first-order valence-corrected chi connectivity index (χ1v) is 36.6. The van der Waals surface area contributed by atoms with E-state index >= 15 is 0 Å². The van der Waals surface area contributed by atoms with Gasteiger partial charge in [0.2, 0.25) is 0 Å². The van der Waals surface area contributed by atoms with Gasteiger partial charge in [0.25, 0.3) is 0 Å². The fourth-order valence-corrected chi connectivity index (χ4v) is 19.0. The van der Waals surface area contributed by atoms with E-state index in [-0.39, 0.29) is 0 Å². The van der Waals surface area contributed by atoms with E-state index < -0.39 is 0 Å². The molecule has 0 fully saturated rings. The summed E-state index contributed by atoms with van der Waals surface area (Å²) in [5, 5.41) is 24.8. The Balaban J connectivity index is 0.648. The van der Waals surface area contributed by atoms with Gasteiger partial charge in [-0.05, 0) is 205 Å². The number of thiophene rings is 2. The predicted octanol–water partition coefficient (Wildman–Crippen LogP) is 29.3. The van der Waals surface area contributed by atoms with Crippen LogP contribution < -0.4 is 9.80 Å². The molecule has 2 nitrogen and oxygen atoms in total. The maximum atomic E-state index is 2.52. The zero-order chi connectivity index (χ0) is 66.9. The maximum absolute atomic E-state index is 2.52. The molecular weight excluding hydrogens is 1270 g/mol. The Bertz CT molecular complexity index is 7040. The third-order valence-corrected chi connectivity index (χ3v) is 23.7. The molecule has 474 valence electrons. The lowest BCUT2D eigenvalue weighted by molar-refractivity contribution is 1.32. The Morgan fingerprint density at radius 3 is 1.21 bits per heavy atom. The molecule has 0 aliphatic rings. The van der Waals surface area contributed by atoms with Crippen molar-refractivity contribution in [3.63, 3.8) is 0 Å². The van der Waals surface area contributed by atoms with Crippen molar-refractivity contribution >= 4 is 183 Å². The lowest BCUT2D eigenvalue weighted by Gasteiger charge is -2.28. The molecule has 0 radical (unpaired) electrons. The Morgan fingerprint density at radius 1 is 0.176 bits per heavy atom. The first-order chi connectivity index (χ1) is 50.6. The fraction of sp³-hybridized carbons (Fsp3) is 0. The minimum absolute atomic E-state index is 1.10. The van der Waals surface area contributed by atoms with Gasteiger partial charge in [-0.1, -0.05) is 279 Å². The van der Waals surface area contributed by atoms with Crippen LogP contribution >= 0.6 is 22.7 Å². The number of anilines is 6. The second-order valence-electron chi connectivity index (χ2n) is 27.0. The van der Waals surface area contributed by atoms with Gasteiger partial charge >= 0.3 is 0 Å². The second kappa shape index (κ2) is 23.5. The van der Waals surface area contributed by atoms with Gasteiger partial charge in [-0.15, -0.1) is 22.7 Å². The molecule has 4 heteroatoms. The smallest absolute Gasteiger partial charge is 0.0640 e. The molecular formula is C98H60N2S2. The third kappa shape index (κ3) is 9.38. The third-order valence-electron chi connectivity index (χ3n) is 21.4. The number of nitrogens with zero attached hydrogens (tertiary/aromatic N) is 2. The summed E-state index contributed by atoms with van der Waals surface area (Å²) in [6.45, 7) is 0. The number of hydrogen-bond acceptors (Lipinski definition) is 4. The van der Waals surface area contributed by atoms with Crippen molar-refractivity contribution in [2.24, 2.45) is 0 Å². The van der Waals surface area contributed by atoms with Crippen molar-refractivity contribution in [3.8, 4) is 44.5 Å². The molecule has 0 saturated carbocycles. The zero-order valence-corrected chi connectivity index (χ0v) is 57.0. The summed E-state index contributed by atoms with van der Waals surface area (Å²) in [5.74, 6) is 0. The minimum Gasteiger partial charge on any atom is -0.309 e. The van der Waals surface area contributed by atoms with Gasteiger partial charge in [0.1, 0.15) is 0 Å². The molecule has 0 saturated heterocycles. The zero-order valence-electron chi connectivity index (χ0n) is 55.4. The minimum atomic E-state index is 1.10. The summed E-state index contributed by atoms with van der Waals surface area (Å²) < 4.78 is 5.11. The summed E-state index contributed by atoms with van der Waals surface area (Å²) in [7, 11) is 0. The molecule has 19 aromatic carbocycles. The average molecular weight is 1330 g/mol. The number of rotatable bonds is 10. The molecule has 21 aromatic rings. The Kier molecular flexibility index (Phi) is 13.4. The summed E-state index contributed by atoms with van der Waals surface area (Å²) in [5.41, 5.74) is 16.3. The topological polar surface area (TPSA) is 6.48 Å². The highest BCUT2D eigenvalue weighted by Gasteiger charge is 2.25. The molecule has 2 heterocycles. The highest BCUT2D eigenvalue weighted by molar-refractivity contribution is 7.26. The van der Waals surface area contributed by atoms with Gasteiger partial charge in [0, 0.05) is 57.8 Å². The fourth-order valence-electron chi connectivity index (χ4n) is 16.7. The van der Waals surface area contributed by atoms with Gasteiger partial charge in [-0.2, -0.15) is 0 Å². The van der Waals surface area contributed by atoms with E-state index in [2.05, 4.69) is 374 Å². The van der Waals surface area contributed by atoms with E-state index in [0.717, 1.165) is 45.3 Å². The molecule has 0 spiro atoms. The van der Waals surface area contributed by atoms with Crippen LogP contribution in [0.2, 0.25) is 0 Å². The van der Waals surface area contributed by atoms with Crippen molar-refractivity contribution in [1.29, 1.82) is 0 Å². The van der Waals surface area contributed by atoms with Crippen molar-refractivity contribution in [2.75, 3.05) is 9.80 Å². The van der Waals surface area contributed by atoms with Crippen LogP contribution in [-0.4, -0.2) is 0 Å². The van der Waals surface area contributed by atoms with Gasteiger partial charge in [0.05, 0.1) is 27.4 Å². The second-order valence-corrected chi connectivity index (χ2v) is 29.1. The molecule has 0 atom stereocenters. The van der Waals surface area contributed by atoms with Gasteiger partial charge in [0.15, 0.2) is 0 Å². The van der Waals surface area contributed by atoms with Crippen LogP contribution in [-0.2, 0) is 0 Å². The lowest BCUT2D eigenvalue weighted by Crippen LogP contribution is -2.11. The molecule has 2 aromatic heterocycles. The lowest BCUT2D eigenvalue weighted by atomic mass is 9.92. The van der Waals surface area contributed by atoms with E-state index in [0.29, 0.717) is 0 Å². The largest absolute Gasteiger partial charge is 0.309 e. The van der Waals surface area contributed by atoms with E-state index in [1.54, 1.807) is 0 Å². The standard InChI is InChI=1S/C98H60N2S2/c1-2-18-61(19-3-1)63-43-49-78-70(56-63)46-51-84-80-32-14-35-90(85(80)55-53-82(78)84)99(92-37-17-41-96-97(92)89-29-7-9-40-95(89)101-96)71-25-10-21-68(59-71)74-30-12-23-66-57-64(44-47-76(66)74)65-45-48-77-67(58-65)24-13-31-75(77)69-22-11-26-72(60-69)100(93-38-16-34-88-87-28-6-8-39-94(87)102-98(88)93)91-36-15-33-79-83-50-42-62-20-4-5-27-73(62)81(83)52-54-86(79)91/h1-60H. The van der Waals surface area contributed by atoms with E-state index in [4.69, 9.17) is 0 Å². The molecule has 0 bridgehead atoms.